The van der Waals surface area contributed by atoms with Gasteiger partial charge in [0.05, 0.1) is 36.8 Å². The lowest BCUT2D eigenvalue weighted by Crippen LogP contribution is -2.56. The number of hydrogen-bond donors (Lipinski definition) is 0. The Hall–Kier alpha value is -0.529. The number of hydrogen-bond acceptors (Lipinski definition) is 7. The molecule has 1 spiro atoms. The Labute approximate surface area is 238 Å². The highest BCUT2D eigenvalue weighted by atomic mass is 28.4. The van der Waals surface area contributed by atoms with Crippen molar-refractivity contribution in [2.45, 2.75) is 122 Å². The second kappa shape index (κ2) is 8.99. The Balaban J connectivity index is 1.64. The maximum atomic E-state index is 14.0. The second-order valence-electron chi connectivity index (χ2n) is 16.5. The molecule has 0 aromatic carbocycles. The molecule has 5 rings (SSSR count). The van der Waals surface area contributed by atoms with Crippen molar-refractivity contribution < 1.29 is 32.3 Å². The highest BCUT2D eigenvalue weighted by molar-refractivity contribution is 6.70. The van der Waals surface area contributed by atoms with E-state index < -0.39 is 47.5 Å². The topological polar surface area (TPSA) is 80.3 Å². The third-order valence-corrected chi connectivity index (χ3v) is 13.6. The van der Waals surface area contributed by atoms with Crippen molar-refractivity contribution in [3.8, 4) is 0 Å². The molecule has 3 unspecified atom stereocenters. The van der Waals surface area contributed by atoms with Gasteiger partial charge in [-0.25, -0.2) is 0 Å². The Bertz CT molecular complexity index is 1030. The number of ether oxygens (including phenoxy) is 2. The summed E-state index contributed by atoms with van der Waals surface area (Å²) in [5.74, 6) is -0.600. The molecule has 10 heteroatoms. The minimum Gasteiger partial charge on any atom is -0.469 e. The third-order valence-electron chi connectivity index (χ3n) is 10.6. The zero-order chi connectivity index (χ0) is 29.0. The second-order valence-corrected chi connectivity index (χ2v) is 29.9. The first-order chi connectivity index (χ1) is 17.7. The van der Waals surface area contributed by atoms with E-state index in [-0.39, 0.29) is 35.3 Å². The first-order valence-electron chi connectivity index (χ1n) is 15.1. The maximum Gasteiger partial charge on any atom is 0.315 e. The molecule has 5 aliphatic rings. The van der Waals surface area contributed by atoms with Gasteiger partial charge < -0.3 is 22.8 Å². The van der Waals surface area contributed by atoms with E-state index in [9.17, 15) is 9.59 Å². The van der Waals surface area contributed by atoms with Crippen LogP contribution in [0, 0.1) is 34.5 Å². The first-order valence-corrected chi connectivity index (χ1v) is 25.3. The SMILES string of the molecule is COC(=O)[C@H]1[C@@H]2C3(C)C(=O)O[C@]2(CC[C@@H]3O[Si](C)(C)C)C2CCC3C[C@@]21C[C@@]3(CO[Si](C)(C)C)O[Si](C)(C)C. The summed E-state index contributed by atoms with van der Waals surface area (Å²) in [6.45, 7) is 22.6. The molecule has 0 aromatic rings. The van der Waals surface area contributed by atoms with Crippen molar-refractivity contribution >= 4 is 36.9 Å². The number of esters is 2. The monoisotopic (exact) mass is 596 g/mol. The summed E-state index contributed by atoms with van der Waals surface area (Å²) in [6.07, 6.45) is 4.95. The molecule has 4 aliphatic carbocycles. The fourth-order valence-corrected chi connectivity index (χ4v) is 13.3. The summed E-state index contributed by atoms with van der Waals surface area (Å²) in [4.78, 5) is 27.9. The predicted octanol–water partition coefficient (Wildman–Crippen LogP) is 5.97. The Morgan fingerprint density at radius 1 is 0.974 bits per heavy atom. The molecule has 4 bridgehead atoms. The van der Waals surface area contributed by atoms with Crippen LogP contribution in [0.5, 0.6) is 0 Å². The van der Waals surface area contributed by atoms with Crippen molar-refractivity contribution in [3.63, 3.8) is 0 Å². The van der Waals surface area contributed by atoms with Gasteiger partial charge in [-0.3, -0.25) is 9.59 Å². The van der Waals surface area contributed by atoms with E-state index in [2.05, 4.69) is 58.9 Å². The largest absolute Gasteiger partial charge is 0.469 e. The van der Waals surface area contributed by atoms with Crippen LogP contribution in [0.25, 0.3) is 0 Å². The van der Waals surface area contributed by atoms with Crippen LogP contribution in [-0.2, 0) is 32.3 Å². The molecule has 1 heterocycles. The zero-order valence-electron chi connectivity index (χ0n) is 26.2. The molecule has 0 amide bonds. The molecule has 1 saturated heterocycles. The molecule has 222 valence electrons. The quantitative estimate of drug-likeness (QED) is 0.252. The van der Waals surface area contributed by atoms with Crippen molar-refractivity contribution in [1.82, 2.24) is 0 Å². The molecule has 9 atom stereocenters. The molecule has 39 heavy (non-hydrogen) atoms. The average Bonchev–Trinajstić information content (AvgIpc) is 3.23. The lowest BCUT2D eigenvalue weighted by Gasteiger charge is -2.47. The fourth-order valence-electron chi connectivity index (χ4n) is 9.86. The zero-order valence-corrected chi connectivity index (χ0v) is 29.2. The Morgan fingerprint density at radius 3 is 2.21 bits per heavy atom. The van der Waals surface area contributed by atoms with Gasteiger partial charge in [0, 0.05) is 11.8 Å². The molecule has 7 nitrogen and oxygen atoms in total. The standard InChI is InChI=1S/C29H52O7Si3/c1-26-21(35-38(6,7)8)14-15-29(34-25(26)31)20-13-12-19-16-27(20,22(23(26)29)24(30)32-2)17-28(19,36-39(9,10)11)18-33-37(3,4)5/h19-23H,12-18H2,1-11H3/t19?,20?,21-,22+,23+,26?,27+,28-,29+/m0/s1. The van der Waals surface area contributed by atoms with Gasteiger partial charge in [0.2, 0.25) is 0 Å². The van der Waals surface area contributed by atoms with Crippen LogP contribution in [0.15, 0.2) is 0 Å². The first kappa shape index (κ1) is 29.9. The molecule has 0 aromatic heterocycles. The third kappa shape index (κ3) is 4.49. The van der Waals surface area contributed by atoms with Gasteiger partial charge in [0.15, 0.2) is 25.0 Å². The predicted molar refractivity (Wildman–Crippen MR) is 158 cm³/mol. The van der Waals surface area contributed by atoms with Crippen LogP contribution >= 0.6 is 0 Å². The van der Waals surface area contributed by atoms with Gasteiger partial charge in [-0.05, 0) is 116 Å². The average molecular weight is 597 g/mol. The van der Waals surface area contributed by atoms with Crippen LogP contribution in [0.3, 0.4) is 0 Å². The van der Waals surface area contributed by atoms with E-state index in [0.29, 0.717) is 12.5 Å². The molecular weight excluding hydrogens is 545 g/mol. The van der Waals surface area contributed by atoms with Crippen LogP contribution in [0.4, 0.5) is 0 Å². The summed E-state index contributed by atoms with van der Waals surface area (Å²) >= 11 is 0. The number of carbonyl (C=O) groups is 2. The summed E-state index contributed by atoms with van der Waals surface area (Å²) in [5.41, 5.74) is -2.25. The molecule has 1 aliphatic heterocycles. The number of carbonyl (C=O) groups excluding carboxylic acids is 2. The van der Waals surface area contributed by atoms with E-state index in [1.165, 1.54) is 7.11 Å². The van der Waals surface area contributed by atoms with Crippen molar-refractivity contribution in [2.24, 2.45) is 34.5 Å². The van der Waals surface area contributed by atoms with Gasteiger partial charge >= 0.3 is 11.9 Å². The van der Waals surface area contributed by atoms with Crippen molar-refractivity contribution in [1.29, 1.82) is 0 Å². The summed E-state index contributed by atoms with van der Waals surface area (Å²) in [6, 6.07) is 0. The van der Waals surface area contributed by atoms with Gasteiger partial charge in [-0.15, -0.1) is 0 Å². The molecule has 5 fully saturated rings. The Morgan fingerprint density at radius 2 is 1.64 bits per heavy atom. The smallest absolute Gasteiger partial charge is 0.315 e. The number of fused-ring (bicyclic) bond motifs is 1. The summed E-state index contributed by atoms with van der Waals surface area (Å²) in [5, 5.41) is 0. The maximum absolute atomic E-state index is 14.0. The van der Waals surface area contributed by atoms with Gasteiger partial charge in [-0.2, -0.15) is 0 Å². The van der Waals surface area contributed by atoms with E-state index in [0.717, 1.165) is 38.5 Å². The van der Waals surface area contributed by atoms with Crippen molar-refractivity contribution in [2.75, 3.05) is 13.7 Å². The Kier molecular flexibility index (Phi) is 6.90. The lowest BCUT2D eigenvalue weighted by atomic mass is 9.59. The highest BCUT2D eigenvalue weighted by Crippen LogP contribution is 2.79. The van der Waals surface area contributed by atoms with Gasteiger partial charge in [0.25, 0.3) is 0 Å². The molecule has 0 N–H and O–H groups in total. The van der Waals surface area contributed by atoms with Gasteiger partial charge in [-0.1, -0.05) is 0 Å². The van der Waals surface area contributed by atoms with Crippen LogP contribution in [-0.4, -0.2) is 67.9 Å². The summed E-state index contributed by atoms with van der Waals surface area (Å²) in [7, 11) is -4.22. The van der Waals surface area contributed by atoms with E-state index in [1.807, 2.05) is 6.92 Å². The van der Waals surface area contributed by atoms with E-state index >= 15 is 0 Å². The highest BCUT2D eigenvalue weighted by Gasteiger charge is 2.85. The van der Waals surface area contributed by atoms with Crippen LogP contribution in [0.1, 0.15) is 45.4 Å². The van der Waals surface area contributed by atoms with Crippen LogP contribution in [0.2, 0.25) is 58.9 Å². The molecule has 0 radical (unpaired) electrons. The van der Waals surface area contributed by atoms with E-state index in [1.54, 1.807) is 0 Å². The molecular formula is C29H52O7Si3. The number of methoxy groups -OCH3 is 1. The minimum absolute atomic E-state index is 0.118. The van der Waals surface area contributed by atoms with E-state index in [4.69, 9.17) is 22.8 Å². The van der Waals surface area contributed by atoms with Gasteiger partial charge in [0.1, 0.15) is 5.60 Å². The van der Waals surface area contributed by atoms with Crippen LogP contribution < -0.4 is 0 Å². The minimum atomic E-state index is -1.96. The number of rotatable bonds is 8. The summed E-state index contributed by atoms with van der Waals surface area (Å²) < 4.78 is 32.7. The van der Waals surface area contributed by atoms with Crippen molar-refractivity contribution in [3.05, 3.63) is 0 Å². The lowest BCUT2D eigenvalue weighted by molar-refractivity contribution is -0.163. The molecule has 4 saturated carbocycles. The normalized spacial score (nSPS) is 45.1. The fraction of sp³-hybridized carbons (Fsp3) is 0.931.